The first-order valence-electron chi connectivity index (χ1n) is 5.93. The average Bonchev–Trinajstić information content (AvgIpc) is 2.36. The van der Waals surface area contributed by atoms with Crippen LogP contribution >= 0.6 is 0 Å². The van der Waals surface area contributed by atoms with Crippen LogP contribution in [0.4, 0.5) is 5.69 Å². The Kier molecular flexibility index (Phi) is 6.29. The molecule has 0 atom stereocenters. The molecule has 1 aromatic rings. The lowest BCUT2D eigenvalue weighted by molar-refractivity contribution is -0.117. The van der Waals surface area contributed by atoms with Crippen molar-refractivity contribution in [1.82, 2.24) is 0 Å². The summed E-state index contributed by atoms with van der Waals surface area (Å²) in [5.74, 6) is -0.0263. The van der Waals surface area contributed by atoms with Crippen LogP contribution in [-0.2, 0) is 16.1 Å². The van der Waals surface area contributed by atoms with Gasteiger partial charge in [-0.05, 0) is 24.1 Å². The predicted octanol–water partition coefficient (Wildman–Crippen LogP) is 1.90. The summed E-state index contributed by atoms with van der Waals surface area (Å²) < 4.78 is 5.25. The van der Waals surface area contributed by atoms with E-state index >= 15 is 0 Å². The summed E-state index contributed by atoms with van der Waals surface area (Å²) in [6.45, 7) is 3.73. The third kappa shape index (κ3) is 5.47. The minimum absolute atomic E-state index is 0.0263. The molecule has 1 aromatic carbocycles. The first kappa shape index (κ1) is 13.7. The normalized spacial score (nSPS) is 10.2. The smallest absolute Gasteiger partial charge is 0.226 e. The minimum Gasteiger partial charge on any atom is -0.381 e. The van der Waals surface area contributed by atoms with Crippen LogP contribution in [0.1, 0.15) is 25.3 Å². The van der Waals surface area contributed by atoms with Gasteiger partial charge in [0, 0.05) is 18.8 Å². The van der Waals surface area contributed by atoms with Crippen molar-refractivity contribution in [3.05, 3.63) is 29.8 Å². The molecular weight excluding hydrogens is 216 g/mol. The Morgan fingerprint density at radius 1 is 1.29 bits per heavy atom. The number of rotatable bonds is 7. The molecule has 0 radical (unpaired) electrons. The molecule has 17 heavy (non-hydrogen) atoms. The molecule has 4 nitrogen and oxygen atoms in total. The summed E-state index contributed by atoms with van der Waals surface area (Å²) >= 11 is 0. The molecule has 0 bridgehead atoms. The van der Waals surface area contributed by atoms with Gasteiger partial charge in [-0.1, -0.05) is 19.1 Å². The van der Waals surface area contributed by atoms with Crippen LogP contribution in [0.2, 0.25) is 0 Å². The Balaban J connectivity index is 2.29. The van der Waals surface area contributed by atoms with Gasteiger partial charge in [0.1, 0.15) is 0 Å². The lowest BCUT2D eigenvalue weighted by atomic mass is 10.2. The summed E-state index contributed by atoms with van der Waals surface area (Å²) in [5, 5.41) is 2.81. The number of amides is 1. The van der Waals surface area contributed by atoms with Gasteiger partial charge in [0.25, 0.3) is 0 Å². The van der Waals surface area contributed by atoms with Crippen molar-refractivity contribution < 1.29 is 9.53 Å². The fourth-order valence-corrected chi connectivity index (χ4v) is 1.36. The number of hydrogen-bond acceptors (Lipinski definition) is 3. The topological polar surface area (TPSA) is 64.3 Å². The number of nitrogens with two attached hydrogens (primary N) is 1. The van der Waals surface area contributed by atoms with Crippen LogP contribution in [0.25, 0.3) is 0 Å². The van der Waals surface area contributed by atoms with Crippen molar-refractivity contribution >= 4 is 11.6 Å². The maximum atomic E-state index is 11.5. The Labute approximate surface area is 102 Å². The summed E-state index contributed by atoms with van der Waals surface area (Å²) in [6.07, 6.45) is 1.36. The van der Waals surface area contributed by atoms with E-state index in [1.54, 1.807) is 0 Å². The lowest BCUT2D eigenvalue weighted by Crippen LogP contribution is -2.14. The molecule has 0 heterocycles. The van der Waals surface area contributed by atoms with Gasteiger partial charge < -0.3 is 15.8 Å². The molecule has 0 aliphatic rings. The van der Waals surface area contributed by atoms with E-state index in [1.807, 2.05) is 31.2 Å². The van der Waals surface area contributed by atoms with E-state index in [0.29, 0.717) is 26.2 Å². The van der Waals surface area contributed by atoms with Crippen LogP contribution in [0.5, 0.6) is 0 Å². The van der Waals surface area contributed by atoms with Gasteiger partial charge in [-0.15, -0.1) is 0 Å². The first-order valence-corrected chi connectivity index (χ1v) is 5.93. The molecule has 0 aliphatic carbocycles. The molecule has 3 N–H and O–H groups in total. The van der Waals surface area contributed by atoms with E-state index < -0.39 is 0 Å². The summed E-state index contributed by atoms with van der Waals surface area (Å²) in [4.78, 5) is 11.5. The highest BCUT2D eigenvalue weighted by Crippen LogP contribution is 2.09. The minimum atomic E-state index is -0.0263. The van der Waals surface area contributed by atoms with Gasteiger partial charge in [0.15, 0.2) is 0 Å². The Morgan fingerprint density at radius 3 is 2.59 bits per heavy atom. The highest BCUT2D eigenvalue weighted by atomic mass is 16.5. The molecule has 1 rings (SSSR count). The Morgan fingerprint density at radius 2 is 2.00 bits per heavy atom. The largest absolute Gasteiger partial charge is 0.381 e. The molecular formula is C13H20N2O2. The molecule has 0 saturated carbocycles. The molecule has 0 aromatic heterocycles. The van der Waals surface area contributed by atoms with Crippen molar-refractivity contribution in [3.63, 3.8) is 0 Å². The Bertz CT molecular complexity index is 336. The number of hydrogen-bond donors (Lipinski definition) is 2. The second-order valence-corrected chi connectivity index (χ2v) is 3.81. The van der Waals surface area contributed by atoms with Gasteiger partial charge in [0.2, 0.25) is 5.91 Å². The van der Waals surface area contributed by atoms with E-state index in [-0.39, 0.29) is 5.91 Å². The van der Waals surface area contributed by atoms with Crippen LogP contribution < -0.4 is 11.1 Å². The van der Waals surface area contributed by atoms with Crippen LogP contribution in [-0.4, -0.2) is 19.1 Å². The standard InChI is InChI=1S/C13H20N2O2/c1-2-8-17-9-7-13(16)15-12-5-3-11(10-14)4-6-12/h3-6H,2,7-10,14H2,1H3,(H,15,16). The van der Waals surface area contributed by atoms with Gasteiger partial charge in [-0.25, -0.2) is 0 Å². The number of benzene rings is 1. The van der Waals surface area contributed by atoms with Crippen molar-refractivity contribution in [3.8, 4) is 0 Å². The van der Waals surface area contributed by atoms with Gasteiger partial charge in [-0.2, -0.15) is 0 Å². The number of ether oxygens (including phenoxy) is 1. The van der Waals surface area contributed by atoms with Crippen molar-refractivity contribution in [2.45, 2.75) is 26.3 Å². The fraction of sp³-hybridized carbons (Fsp3) is 0.462. The number of carbonyl (C=O) groups is 1. The lowest BCUT2D eigenvalue weighted by Gasteiger charge is -2.06. The molecule has 0 unspecified atom stereocenters. The second-order valence-electron chi connectivity index (χ2n) is 3.81. The maximum Gasteiger partial charge on any atom is 0.226 e. The van der Waals surface area contributed by atoms with Gasteiger partial charge in [0.05, 0.1) is 13.0 Å². The quantitative estimate of drug-likeness (QED) is 0.711. The van der Waals surface area contributed by atoms with Crippen LogP contribution in [0, 0.1) is 0 Å². The van der Waals surface area contributed by atoms with E-state index in [0.717, 1.165) is 17.7 Å². The zero-order valence-corrected chi connectivity index (χ0v) is 10.2. The Hall–Kier alpha value is -1.39. The zero-order valence-electron chi connectivity index (χ0n) is 10.2. The van der Waals surface area contributed by atoms with Crippen LogP contribution in [0.15, 0.2) is 24.3 Å². The highest BCUT2D eigenvalue weighted by Gasteiger charge is 2.01. The summed E-state index contributed by atoms with van der Waals surface area (Å²) in [6, 6.07) is 7.52. The fourth-order valence-electron chi connectivity index (χ4n) is 1.36. The predicted molar refractivity (Wildman–Crippen MR) is 68.7 cm³/mol. The third-order valence-electron chi connectivity index (χ3n) is 2.30. The molecule has 94 valence electrons. The number of carbonyl (C=O) groups excluding carboxylic acids is 1. The monoisotopic (exact) mass is 236 g/mol. The van der Waals surface area contributed by atoms with E-state index in [2.05, 4.69) is 5.32 Å². The van der Waals surface area contributed by atoms with Crippen LogP contribution in [0.3, 0.4) is 0 Å². The van der Waals surface area contributed by atoms with E-state index in [9.17, 15) is 4.79 Å². The molecule has 0 fully saturated rings. The summed E-state index contributed by atoms with van der Waals surface area (Å²) in [5.41, 5.74) is 7.34. The summed E-state index contributed by atoms with van der Waals surface area (Å²) in [7, 11) is 0. The number of anilines is 1. The van der Waals surface area contributed by atoms with Crippen molar-refractivity contribution in [1.29, 1.82) is 0 Å². The molecule has 1 amide bonds. The highest BCUT2D eigenvalue weighted by molar-refractivity contribution is 5.90. The second kappa shape index (κ2) is 7.81. The van der Waals surface area contributed by atoms with E-state index in [1.165, 1.54) is 0 Å². The number of nitrogens with one attached hydrogen (secondary N) is 1. The van der Waals surface area contributed by atoms with Crippen molar-refractivity contribution in [2.75, 3.05) is 18.5 Å². The van der Waals surface area contributed by atoms with E-state index in [4.69, 9.17) is 10.5 Å². The zero-order chi connectivity index (χ0) is 12.5. The maximum absolute atomic E-state index is 11.5. The first-order chi connectivity index (χ1) is 8.26. The third-order valence-corrected chi connectivity index (χ3v) is 2.30. The average molecular weight is 236 g/mol. The SMILES string of the molecule is CCCOCCC(=O)Nc1ccc(CN)cc1. The molecule has 0 aliphatic heterocycles. The van der Waals surface area contributed by atoms with Gasteiger partial charge >= 0.3 is 0 Å². The molecule has 4 heteroatoms. The van der Waals surface area contributed by atoms with Gasteiger partial charge in [-0.3, -0.25) is 4.79 Å². The molecule has 0 saturated heterocycles. The molecule has 0 spiro atoms. The van der Waals surface area contributed by atoms with Crippen molar-refractivity contribution in [2.24, 2.45) is 5.73 Å².